The molecule has 1 aliphatic heterocycles. The van der Waals surface area contributed by atoms with E-state index in [0.717, 1.165) is 30.8 Å². The second kappa shape index (κ2) is 4.53. The Morgan fingerprint density at radius 3 is 3.00 bits per heavy atom. The van der Waals surface area contributed by atoms with E-state index in [1.807, 2.05) is 12.1 Å². The Labute approximate surface area is 95.2 Å². The number of amides is 1. The first-order chi connectivity index (χ1) is 7.66. The van der Waals surface area contributed by atoms with Crippen LogP contribution in [0.4, 0.5) is 0 Å². The van der Waals surface area contributed by atoms with E-state index in [4.69, 9.17) is 4.74 Å². The molecule has 16 heavy (non-hydrogen) atoms. The minimum absolute atomic E-state index is 0.0848. The standard InChI is InChI=1S/C12H16N2O2/c1-14(2)13-12(15)10-5-6-11-9(8-10)4-3-7-16-11/h5-6,8H,3-4,7H2,1-2H3,(H,13,15). The van der Waals surface area contributed by atoms with Crippen molar-refractivity contribution in [1.29, 1.82) is 0 Å². The number of fused-ring (bicyclic) bond motifs is 1. The third-order valence-corrected chi connectivity index (χ3v) is 2.50. The molecule has 0 fully saturated rings. The molecule has 0 atom stereocenters. The first-order valence-corrected chi connectivity index (χ1v) is 5.41. The van der Waals surface area contributed by atoms with Gasteiger partial charge in [0.2, 0.25) is 0 Å². The third-order valence-electron chi connectivity index (χ3n) is 2.50. The average molecular weight is 220 g/mol. The summed E-state index contributed by atoms with van der Waals surface area (Å²) in [6, 6.07) is 5.58. The van der Waals surface area contributed by atoms with Crippen LogP contribution in [-0.4, -0.2) is 31.6 Å². The van der Waals surface area contributed by atoms with E-state index in [1.54, 1.807) is 25.2 Å². The first-order valence-electron chi connectivity index (χ1n) is 5.41. The summed E-state index contributed by atoms with van der Waals surface area (Å²) in [5.74, 6) is 0.825. The van der Waals surface area contributed by atoms with Gasteiger partial charge in [-0.15, -0.1) is 0 Å². The molecular weight excluding hydrogens is 204 g/mol. The van der Waals surface area contributed by atoms with Crippen LogP contribution in [0.5, 0.6) is 5.75 Å². The zero-order valence-corrected chi connectivity index (χ0v) is 9.62. The van der Waals surface area contributed by atoms with E-state index in [2.05, 4.69) is 5.43 Å². The van der Waals surface area contributed by atoms with Crippen LogP contribution in [-0.2, 0) is 6.42 Å². The van der Waals surface area contributed by atoms with Gasteiger partial charge in [-0.1, -0.05) is 0 Å². The molecule has 1 aliphatic rings. The molecule has 0 saturated carbocycles. The van der Waals surface area contributed by atoms with Crippen molar-refractivity contribution < 1.29 is 9.53 Å². The lowest BCUT2D eigenvalue weighted by molar-refractivity contribution is 0.0856. The van der Waals surface area contributed by atoms with Crippen molar-refractivity contribution in [3.8, 4) is 5.75 Å². The van der Waals surface area contributed by atoms with Gasteiger partial charge in [-0.25, -0.2) is 5.01 Å². The number of carbonyl (C=O) groups is 1. The summed E-state index contributed by atoms with van der Waals surface area (Å²) in [5, 5.41) is 1.64. The molecule has 0 radical (unpaired) electrons. The summed E-state index contributed by atoms with van der Waals surface area (Å²) in [6.07, 6.45) is 2.00. The van der Waals surface area contributed by atoms with Crippen LogP contribution >= 0.6 is 0 Å². The highest BCUT2D eigenvalue weighted by molar-refractivity contribution is 5.94. The highest BCUT2D eigenvalue weighted by Crippen LogP contribution is 2.25. The van der Waals surface area contributed by atoms with Gasteiger partial charge < -0.3 is 4.74 Å². The average Bonchev–Trinajstić information content (AvgIpc) is 2.27. The van der Waals surface area contributed by atoms with E-state index in [1.165, 1.54) is 0 Å². The summed E-state index contributed by atoms with van der Waals surface area (Å²) >= 11 is 0. The molecule has 0 aliphatic carbocycles. The number of hydrogen-bond acceptors (Lipinski definition) is 3. The summed E-state index contributed by atoms with van der Waals surface area (Å²) in [5.41, 5.74) is 4.52. The van der Waals surface area contributed by atoms with Crippen molar-refractivity contribution in [2.24, 2.45) is 0 Å². The van der Waals surface area contributed by atoms with Gasteiger partial charge in [-0.2, -0.15) is 0 Å². The van der Waals surface area contributed by atoms with E-state index in [9.17, 15) is 4.79 Å². The monoisotopic (exact) mass is 220 g/mol. The van der Waals surface area contributed by atoms with Crippen molar-refractivity contribution in [1.82, 2.24) is 10.4 Å². The number of benzene rings is 1. The van der Waals surface area contributed by atoms with Crippen LogP contribution in [0.15, 0.2) is 18.2 Å². The summed E-state index contributed by atoms with van der Waals surface area (Å²) in [6.45, 7) is 0.774. The quantitative estimate of drug-likeness (QED) is 0.762. The van der Waals surface area contributed by atoms with Gasteiger partial charge in [0.1, 0.15) is 5.75 Å². The van der Waals surface area contributed by atoms with Crippen molar-refractivity contribution in [3.05, 3.63) is 29.3 Å². The molecular formula is C12H16N2O2. The Morgan fingerprint density at radius 2 is 2.25 bits per heavy atom. The number of carbonyl (C=O) groups excluding carboxylic acids is 1. The van der Waals surface area contributed by atoms with E-state index in [-0.39, 0.29) is 5.91 Å². The van der Waals surface area contributed by atoms with Crippen LogP contribution in [0.2, 0.25) is 0 Å². The Bertz CT molecular complexity index is 402. The Morgan fingerprint density at radius 1 is 1.44 bits per heavy atom. The lowest BCUT2D eigenvalue weighted by Gasteiger charge is -2.18. The van der Waals surface area contributed by atoms with E-state index < -0.39 is 0 Å². The summed E-state index contributed by atoms with van der Waals surface area (Å²) in [4.78, 5) is 11.7. The molecule has 86 valence electrons. The van der Waals surface area contributed by atoms with Crippen molar-refractivity contribution in [2.75, 3.05) is 20.7 Å². The van der Waals surface area contributed by atoms with Gasteiger partial charge in [0.25, 0.3) is 5.91 Å². The molecule has 1 aromatic carbocycles. The molecule has 0 aromatic heterocycles. The Kier molecular flexibility index (Phi) is 3.10. The zero-order valence-electron chi connectivity index (χ0n) is 9.62. The largest absolute Gasteiger partial charge is 0.493 e. The topological polar surface area (TPSA) is 41.6 Å². The first kappa shape index (κ1) is 11.0. The van der Waals surface area contributed by atoms with Gasteiger partial charge in [-0.05, 0) is 36.6 Å². The summed E-state index contributed by atoms with van der Waals surface area (Å²) < 4.78 is 5.50. The van der Waals surface area contributed by atoms with E-state index >= 15 is 0 Å². The minimum atomic E-state index is -0.0848. The molecule has 4 nitrogen and oxygen atoms in total. The SMILES string of the molecule is CN(C)NC(=O)c1ccc2c(c1)CCCO2. The molecule has 0 bridgehead atoms. The van der Waals surface area contributed by atoms with Crippen LogP contribution in [0.3, 0.4) is 0 Å². The second-order valence-electron chi connectivity index (χ2n) is 4.11. The molecule has 1 heterocycles. The zero-order chi connectivity index (χ0) is 11.5. The maximum atomic E-state index is 11.7. The van der Waals surface area contributed by atoms with Crippen LogP contribution in [0.25, 0.3) is 0 Å². The second-order valence-corrected chi connectivity index (χ2v) is 4.11. The van der Waals surface area contributed by atoms with Crippen molar-refractivity contribution >= 4 is 5.91 Å². The third kappa shape index (κ3) is 2.33. The number of ether oxygens (including phenoxy) is 1. The predicted molar refractivity (Wildman–Crippen MR) is 61.4 cm³/mol. The predicted octanol–water partition coefficient (Wildman–Crippen LogP) is 1.22. The molecule has 0 spiro atoms. The lowest BCUT2D eigenvalue weighted by Crippen LogP contribution is -2.36. The molecule has 1 amide bonds. The van der Waals surface area contributed by atoms with Gasteiger partial charge in [-0.3, -0.25) is 10.2 Å². The number of aryl methyl sites for hydroxylation is 1. The van der Waals surface area contributed by atoms with Crippen molar-refractivity contribution in [2.45, 2.75) is 12.8 Å². The molecule has 1 aromatic rings. The van der Waals surface area contributed by atoms with Crippen molar-refractivity contribution in [3.63, 3.8) is 0 Å². The normalized spacial score (nSPS) is 14.2. The highest BCUT2D eigenvalue weighted by atomic mass is 16.5. The number of rotatable bonds is 2. The molecule has 1 N–H and O–H groups in total. The highest BCUT2D eigenvalue weighted by Gasteiger charge is 2.13. The van der Waals surface area contributed by atoms with Crippen LogP contribution in [0, 0.1) is 0 Å². The van der Waals surface area contributed by atoms with Gasteiger partial charge >= 0.3 is 0 Å². The fraction of sp³-hybridized carbons (Fsp3) is 0.417. The molecule has 2 rings (SSSR count). The number of nitrogens with one attached hydrogen (secondary N) is 1. The molecule has 0 saturated heterocycles. The van der Waals surface area contributed by atoms with Gasteiger partial charge in [0.15, 0.2) is 0 Å². The maximum Gasteiger partial charge on any atom is 0.265 e. The minimum Gasteiger partial charge on any atom is -0.493 e. The Balaban J connectivity index is 2.19. The number of hydrogen-bond donors (Lipinski definition) is 1. The fourth-order valence-corrected chi connectivity index (χ4v) is 1.77. The number of nitrogens with zero attached hydrogens (tertiary/aromatic N) is 1. The molecule has 4 heteroatoms. The smallest absolute Gasteiger partial charge is 0.265 e. The van der Waals surface area contributed by atoms with Gasteiger partial charge in [0, 0.05) is 19.7 Å². The fourth-order valence-electron chi connectivity index (χ4n) is 1.77. The molecule has 0 unspecified atom stereocenters. The van der Waals surface area contributed by atoms with Crippen LogP contribution in [0.1, 0.15) is 22.3 Å². The Hall–Kier alpha value is -1.55. The van der Waals surface area contributed by atoms with Crippen LogP contribution < -0.4 is 10.2 Å². The van der Waals surface area contributed by atoms with Gasteiger partial charge in [0.05, 0.1) is 6.61 Å². The van der Waals surface area contributed by atoms with E-state index in [0.29, 0.717) is 5.56 Å². The number of hydrazine groups is 1. The summed E-state index contributed by atoms with van der Waals surface area (Å²) in [7, 11) is 3.58. The maximum absolute atomic E-state index is 11.7. The lowest BCUT2D eigenvalue weighted by atomic mass is 10.0.